The monoisotopic (exact) mass is 262 g/mol. The molecule has 0 radical (unpaired) electrons. The summed E-state index contributed by atoms with van der Waals surface area (Å²) in [5.74, 6) is -0.260. The van der Waals surface area contributed by atoms with Gasteiger partial charge in [0, 0.05) is 19.4 Å². The molecule has 0 aliphatic heterocycles. The molecule has 0 aliphatic rings. The van der Waals surface area contributed by atoms with Gasteiger partial charge < -0.3 is 10.6 Å². The molecular formula is C12H11ClN4O. The second-order valence-electron chi connectivity index (χ2n) is 3.66. The molecule has 2 rings (SSSR count). The Morgan fingerprint density at radius 3 is 2.72 bits per heavy atom. The molecule has 0 aliphatic carbocycles. The highest BCUT2D eigenvalue weighted by atomic mass is 35.5. The van der Waals surface area contributed by atoms with Crippen molar-refractivity contribution in [2.45, 2.75) is 0 Å². The minimum absolute atomic E-state index is 0.260. The molecule has 0 spiro atoms. The normalized spacial score (nSPS) is 10.1. The average Bonchev–Trinajstić information content (AvgIpc) is 2.38. The number of halogens is 1. The van der Waals surface area contributed by atoms with Crippen LogP contribution in [-0.4, -0.2) is 22.9 Å². The molecule has 0 saturated heterocycles. The number of carbonyl (C=O) groups excluding carboxylic acids is 1. The van der Waals surface area contributed by atoms with E-state index in [0.717, 1.165) is 0 Å². The number of aromatic nitrogens is 2. The van der Waals surface area contributed by atoms with Crippen molar-refractivity contribution in [3.8, 4) is 0 Å². The first-order valence-corrected chi connectivity index (χ1v) is 5.56. The number of rotatable bonds is 2. The number of anilines is 2. The Hall–Kier alpha value is -2.14. The maximum atomic E-state index is 12.2. The Morgan fingerprint density at radius 2 is 2.11 bits per heavy atom. The molecule has 0 saturated carbocycles. The van der Waals surface area contributed by atoms with Crippen LogP contribution in [0.25, 0.3) is 0 Å². The fraction of sp³-hybridized carbons (Fsp3) is 0.0833. The van der Waals surface area contributed by atoms with Crippen molar-refractivity contribution < 1.29 is 4.79 Å². The van der Waals surface area contributed by atoms with Gasteiger partial charge in [-0.25, -0.2) is 4.98 Å². The molecule has 0 unspecified atom stereocenters. The number of hydrogen-bond acceptors (Lipinski definition) is 4. The topological polar surface area (TPSA) is 72.1 Å². The van der Waals surface area contributed by atoms with Crippen LogP contribution in [0.4, 0.5) is 11.4 Å². The van der Waals surface area contributed by atoms with E-state index >= 15 is 0 Å². The lowest BCUT2D eigenvalue weighted by atomic mass is 10.2. The molecule has 92 valence electrons. The van der Waals surface area contributed by atoms with Crippen LogP contribution in [0.1, 0.15) is 10.5 Å². The van der Waals surface area contributed by atoms with Gasteiger partial charge >= 0.3 is 0 Å². The van der Waals surface area contributed by atoms with Crippen LogP contribution in [0.2, 0.25) is 5.02 Å². The minimum atomic E-state index is -0.260. The standard InChI is InChI=1S/C12H11ClN4O/c1-17(11-4-5-15-7-9(11)14)12(18)10-3-2-8(13)6-16-10/h2-7H,14H2,1H3. The van der Waals surface area contributed by atoms with Gasteiger partial charge in [0.25, 0.3) is 5.91 Å². The highest BCUT2D eigenvalue weighted by Gasteiger charge is 2.16. The summed E-state index contributed by atoms with van der Waals surface area (Å²) in [7, 11) is 1.63. The van der Waals surface area contributed by atoms with Crippen LogP contribution >= 0.6 is 11.6 Å². The van der Waals surface area contributed by atoms with Gasteiger partial charge in [0.15, 0.2) is 0 Å². The van der Waals surface area contributed by atoms with E-state index in [2.05, 4.69) is 9.97 Å². The lowest BCUT2D eigenvalue weighted by Crippen LogP contribution is -2.27. The molecule has 2 N–H and O–H groups in total. The van der Waals surface area contributed by atoms with Crippen molar-refractivity contribution >= 4 is 28.9 Å². The summed E-state index contributed by atoms with van der Waals surface area (Å²) in [6.45, 7) is 0. The largest absolute Gasteiger partial charge is 0.396 e. The zero-order chi connectivity index (χ0) is 13.1. The molecule has 0 aromatic carbocycles. The average molecular weight is 263 g/mol. The molecule has 2 aromatic heterocycles. The lowest BCUT2D eigenvalue weighted by Gasteiger charge is -2.18. The molecule has 2 aromatic rings. The molecule has 5 nitrogen and oxygen atoms in total. The summed E-state index contributed by atoms with van der Waals surface area (Å²) in [6, 6.07) is 4.85. The third kappa shape index (κ3) is 2.41. The Labute approximate surface area is 109 Å². The summed E-state index contributed by atoms with van der Waals surface area (Å²) >= 11 is 5.72. The van der Waals surface area contributed by atoms with Crippen molar-refractivity contribution in [2.24, 2.45) is 0 Å². The number of nitrogens with two attached hydrogens (primary N) is 1. The highest BCUT2D eigenvalue weighted by Crippen LogP contribution is 2.21. The predicted octanol–water partition coefficient (Wildman–Crippen LogP) is 1.99. The molecule has 1 amide bonds. The Kier molecular flexibility index (Phi) is 3.43. The van der Waals surface area contributed by atoms with Crippen molar-refractivity contribution in [1.29, 1.82) is 0 Å². The van der Waals surface area contributed by atoms with E-state index in [1.165, 1.54) is 17.3 Å². The first kappa shape index (κ1) is 12.3. The van der Waals surface area contributed by atoms with Crippen molar-refractivity contribution in [1.82, 2.24) is 9.97 Å². The number of hydrogen-bond donors (Lipinski definition) is 1. The van der Waals surface area contributed by atoms with Gasteiger partial charge in [-0.15, -0.1) is 0 Å². The van der Waals surface area contributed by atoms with Crippen LogP contribution in [0, 0.1) is 0 Å². The van der Waals surface area contributed by atoms with Gasteiger partial charge in [-0.3, -0.25) is 9.78 Å². The Balaban J connectivity index is 2.29. The molecule has 0 atom stereocenters. The lowest BCUT2D eigenvalue weighted by molar-refractivity contribution is 0.0988. The molecular weight excluding hydrogens is 252 g/mol. The summed E-state index contributed by atoms with van der Waals surface area (Å²) in [4.78, 5) is 21.4. The number of amides is 1. The minimum Gasteiger partial charge on any atom is -0.396 e. The zero-order valence-corrected chi connectivity index (χ0v) is 10.4. The van der Waals surface area contributed by atoms with Gasteiger partial charge in [0.2, 0.25) is 0 Å². The van der Waals surface area contributed by atoms with Gasteiger partial charge in [0.05, 0.1) is 22.6 Å². The number of nitrogens with zero attached hydrogens (tertiary/aromatic N) is 3. The third-order valence-corrected chi connectivity index (χ3v) is 2.66. The van der Waals surface area contributed by atoms with E-state index in [0.29, 0.717) is 22.1 Å². The molecule has 0 fully saturated rings. The summed E-state index contributed by atoms with van der Waals surface area (Å²) in [5, 5.41) is 0.484. The SMILES string of the molecule is CN(C(=O)c1ccc(Cl)cn1)c1ccncc1N. The van der Waals surface area contributed by atoms with Crippen LogP contribution < -0.4 is 10.6 Å². The summed E-state index contributed by atoms with van der Waals surface area (Å²) in [6.07, 6.45) is 4.50. The highest BCUT2D eigenvalue weighted by molar-refractivity contribution is 6.30. The third-order valence-electron chi connectivity index (χ3n) is 2.44. The van der Waals surface area contributed by atoms with Crippen LogP contribution in [0.15, 0.2) is 36.8 Å². The number of carbonyl (C=O) groups is 1. The molecule has 2 heterocycles. The van der Waals surface area contributed by atoms with E-state index in [1.807, 2.05) is 0 Å². The van der Waals surface area contributed by atoms with Gasteiger partial charge in [0.1, 0.15) is 5.69 Å². The van der Waals surface area contributed by atoms with Crippen LogP contribution in [0.3, 0.4) is 0 Å². The fourth-order valence-corrected chi connectivity index (χ4v) is 1.60. The van der Waals surface area contributed by atoms with Gasteiger partial charge in [-0.2, -0.15) is 0 Å². The van der Waals surface area contributed by atoms with E-state index in [4.69, 9.17) is 17.3 Å². The van der Waals surface area contributed by atoms with E-state index in [9.17, 15) is 4.79 Å². The zero-order valence-electron chi connectivity index (χ0n) is 9.67. The predicted molar refractivity (Wildman–Crippen MR) is 70.6 cm³/mol. The maximum Gasteiger partial charge on any atom is 0.276 e. The van der Waals surface area contributed by atoms with E-state index in [-0.39, 0.29) is 5.91 Å². The molecule has 0 bridgehead atoms. The van der Waals surface area contributed by atoms with Gasteiger partial charge in [-0.05, 0) is 18.2 Å². The van der Waals surface area contributed by atoms with Crippen LogP contribution in [-0.2, 0) is 0 Å². The summed E-state index contributed by atoms with van der Waals surface area (Å²) in [5.41, 5.74) is 7.09. The fourth-order valence-electron chi connectivity index (χ4n) is 1.49. The summed E-state index contributed by atoms with van der Waals surface area (Å²) < 4.78 is 0. The van der Waals surface area contributed by atoms with E-state index in [1.54, 1.807) is 31.4 Å². The van der Waals surface area contributed by atoms with E-state index < -0.39 is 0 Å². The van der Waals surface area contributed by atoms with Crippen molar-refractivity contribution in [3.05, 3.63) is 47.5 Å². The second-order valence-corrected chi connectivity index (χ2v) is 4.10. The second kappa shape index (κ2) is 5.01. The first-order valence-electron chi connectivity index (χ1n) is 5.18. The maximum absolute atomic E-state index is 12.2. The Bertz CT molecular complexity index is 571. The van der Waals surface area contributed by atoms with Crippen LogP contribution in [0.5, 0.6) is 0 Å². The van der Waals surface area contributed by atoms with Crippen molar-refractivity contribution in [3.63, 3.8) is 0 Å². The molecule has 6 heteroatoms. The quantitative estimate of drug-likeness (QED) is 0.898. The molecule has 18 heavy (non-hydrogen) atoms. The van der Waals surface area contributed by atoms with Gasteiger partial charge in [-0.1, -0.05) is 11.6 Å². The first-order chi connectivity index (χ1) is 8.59. The smallest absolute Gasteiger partial charge is 0.276 e. The number of nitrogen functional groups attached to an aromatic ring is 1. The van der Waals surface area contributed by atoms with Crippen molar-refractivity contribution in [2.75, 3.05) is 17.7 Å². The number of pyridine rings is 2. The Morgan fingerprint density at radius 1 is 1.33 bits per heavy atom.